The lowest BCUT2D eigenvalue weighted by atomic mass is 9.71. The third-order valence-electron chi connectivity index (χ3n) is 4.61. The summed E-state index contributed by atoms with van der Waals surface area (Å²) in [4.78, 5) is 0. The number of hydrogen-bond donors (Lipinski definition) is 1. The van der Waals surface area contributed by atoms with Crippen LogP contribution in [0.5, 0.6) is 0 Å². The highest BCUT2D eigenvalue weighted by Crippen LogP contribution is 2.40. The van der Waals surface area contributed by atoms with E-state index in [4.69, 9.17) is 4.74 Å². The zero-order valence-electron chi connectivity index (χ0n) is 13.9. The minimum atomic E-state index is -0.531. The van der Waals surface area contributed by atoms with E-state index in [2.05, 4.69) is 27.7 Å². The van der Waals surface area contributed by atoms with Crippen molar-refractivity contribution in [2.45, 2.75) is 71.7 Å². The van der Waals surface area contributed by atoms with Crippen LogP contribution in [-0.4, -0.2) is 17.3 Å². The molecule has 0 aromatic heterocycles. The van der Waals surface area contributed by atoms with E-state index in [1.54, 1.807) is 0 Å². The van der Waals surface area contributed by atoms with Crippen molar-refractivity contribution in [2.75, 3.05) is 0 Å². The molecule has 0 radical (unpaired) electrons. The van der Waals surface area contributed by atoms with E-state index in [9.17, 15) is 5.11 Å². The van der Waals surface area contributed by atoms with Crippen molar-refractivity contribution in [3.8, 4) is 0 Å². The Kier molecular flexibility index (Phi) is 5.45. The molecule has 1 N–H and O–H groups in total. The molecule has 0 heterocycles. The molecule has 1 saturated carbocycles. The Bertz CT molecular complexity index is 426. The topological polar surface area (TPSA) is 29.5 Å². The number of rotatable bonds is 5. The van der Waals surface area contributed by atoms with E-state index >= 15 is 0 Å². The molecule has 0 aliphatic heterocycles. The lowest BCUT2D eigenvalue weighted by Gasteiger charge is -2.40. The fourth-order valence-electron chi connectivity index (χ4n) is 3.87. The average molecular weight is 290 g/mol. The van der Waals surface area contributed by atoms with Crippen molar-refractivity contribution in [3.05, 3.63) is 35.9 Å². The summed E-state index contributed by atoms with van der Waals surface area (Å²) in [6, 6.07) is 9.87. The molecule has 0 amide bonds. The minimum absolute atomic E-state index is 0.113. The van der Waals surface area contributed by atoms with Crippen LogP contribution < -0.4 is 0 Å². The highest BCUT2D eigenvalue weighted by atomic mass is 16.5. The summed E-state index contributed by atoms with van der Waals surface area (Å²) in [5, 5.41) is 10.6. The first-order valence-electron chi connectivity index (χ1n) is 8.30. The lowest BCUT2D eigenvalue weighted by Crippen LogP contribution is -2.36. The van der Waals surface area contributed by atoms with Crippen molar-refractivity contribution in [1.29, 1.82) is 0 Å². The van der Waals surface area contributed by atoms with Gasteiger partial charge in [-0.05, 0) is 42.6 Å². The van der Waals surface area contributed by atoms with Gasteiger partial charge in [-0.25, -0.2) is 0 Å². The molecular formula is C19H30O2. The molecule has 4 unspecified atom stereocenters. The van der Waals surface area contributed by atoms with Gasteiger partial charge in [-0.3, -0.25) is 0 Å². The van der Waals surface area contributed by atoms with Gasteiger partial charge in [0, 0.05) is 0 Å². The summed E-state index contributed by atoms with van der Waals surface area (Å²) in [5.74, 6) is 0.699. The first-order chi connectivity index (χ1) is 9.91. The first-order valence-corrected chi connectivity index (χ1v) is 8.30. The van der Waals surface area contributed by atoms with Gasteiger partial charge < -0.3 is 9.84 Å². The zero-order chi connectivity index (χ0) is 15.5. The monoisotopic (exact) mass is 290 g/mol. The molecule has 4 atom stereocenters. The van der Waals surface area contributed by atoms with Crippen LogP contribution in [0.2, 0.25) is 0 Å². The molecule has 0 spiro atoms. The molecule has 1 aliphatic carbocycles. The minimum Gasteiger partial charge on any atom is -0.386 e. The second-order valence-corrected chi connectivity index (χ2v) is 7.47. The summed E-state index contributed by atoms with van der Waals surface area (Å²) < 4.78 is 6.31. The van der Waals surface area contributed by atoms with E-state index in [1.807, 2.05) is 30.3 Å². The van der Waals surface area contributed by atoms with E-state index < -0.39 is 6.10 Å². The molecule has 118 valence electrons. The van der Waals surface area contributed by atoms with Crippen LogP contribution in [0.15, 0.2) is 30.3 Å². The Hall–Kier alpha value is -0.860. The van der Waals surface area contributed by atoms with Gasteiger partial charge in [0.25, 0.3) is 0 Å². The van der Waals surface area contributed by atoms with Gasteiger partial charge in [0.15, 0.2) is 0 Å². The van der Waals surface area contributed by atoms with Crippen LogP contribution in [0.1, 0.15) is 65.0 Å². The summed E-state index contributed by atoms with van der Waals surface area (Å²) in [5.41, 5.74) is 1.30. The quantitative estimate of drug-likeness (QED) is 0.849. The van der Waals surface area contributed by atoms with Crippen molar-refractivity contribution >= 4 is 0 Å². The number of aliphatic hydroxyl groups is 1. The van der Waals surface area contributed by atoms with Crippen molar-refractivity contribution in [2.24, 2.45) is 11.3 Å². The van der Waals surface area contributed by atoms with Crippen LogP contribution in [0, 0.1) is 11.3 Å². The summed E-state index contributed by atoms with van der Waals surface area (Å²) in [7, 11) is 0. The average Bonchev–Trinajstić information content (AvgIpc) is 2.43. The second kappa shape index (κ2) is 6.93. The lowest BCUT2D eigenvalue weighted by molar-refractivity contribution is -0.110. The Morgan fingerprint density at radius 3 is 2.48 bits per heavy atom. The summed E-state index contributed by atoms with van der Waals surface area (Å²) in [6.45, 7) is 9.06. The molecule has 1 aliphatic rings. The summed E-state index contributed by atoms with van der Waals surface area (Å²) >= 11 is 0. The van der Waals surface area contributed by atoms with Crippen molar-refractivity contribution in [1.82, 2.24) is 0 Å². The Balaban J connectivity index is 2.02. The summed E-state index contributed by atoms with van der Waals surface area (Å²) in [6.07, 6.45) is 3.94. The Morgan fingerprint density at radius 1 is 1.24 bits per heavy atom. The molecule has 2 rings (SSSR count). The van der Waals surface area contributed by atoms with Crippen molar-refractivity contribution in [3.63, 3.8) is 0 Å². The predicted octanol–water partition coefficient (Wildman–Crippen LogP) is 4.73. The number of ether oxygens (including phenoxy) is 1. The molecule has 2 nitrogen and oxygen atoms in total. The molecule has 0 saturated heterocycles. The van der Waals surface area contributed by atoms with Crippen LogP contribution in [0.4, 0.5) is 0 Å². The Morgan fingerprint density at radius 2 is 1.90 bits per heavy atom. The molecule has 2 heteroatoms. The largest absolute Gasteiger partial charge is 0.386 e. The van der Waals surface area contributed by atoms with E-state index in [0.717, 1.165) is 24.8 Å². The maximum Gasteiger partial charge on any atom is 0.105 e. The number of aliphatic hydroxyl groups excluding tert-OH is 1. The smallest absolute Gasteiger partial charge is 0.105 e. The van der Waals surface area contributed by atoms with Gasteiger partial charge in [-0.15, -0.1) is 0 Å². The van der Waals surface area contributed by atoms with Crippen LogP contribution >= 0.6 is 0 Å². The maximum absolute atomic E-state index is 10.6. The molecule has 1 aromatic rings. The van der Waals surface area contributed by atoms with E-state index in [1.165, 1.54) is 6.42 Å². The molecule has 21 heavy (non-hydrogen) atoms. The Labute approximate surface area is 129 Å². The van der Waals surface area contributed by atoms with Crippen LogP contribution in [0.3, 0.4) is 0 Å². The SMILES string of the molecule is CCC(OC1CC(C)CC(C)(C)C1)C(O)c1ccccc1. The van der Waals surface area contributed by atoms with Gasteiger partial charge in [-0.1, -0.05) is 58.0 Å². The van der Waals surface area contributed by atoms with Crippen molar-refractivity contribution < 1.29 is 9.84 Å². The molecule has 1 fully saturated rings. The highest BCUT2D eigenvalue weighted by Gasteiger charge is 2.34. The second-order valence-electron chi connectivity index (χ2n) is 7.47. The zero-order valence-corrected chi connectivity index (χ0v) is 13.9. The number of benzene rings is 1. The van der Waals surface area contributed by atoms with Gasteiger partial charge in [0.2, 0.25) is 0 Å². The van der Waals surface area contributed by atoms with Gasteiger partial charge in [0.1, 0.15) is 6.10 Å². The maximum atomic E-state index is 10.6. The molecule has 1 aromatic carbocycles. The molecule has 0 bridgehead atoms. The molecular weight excluding hydrogens is 260 g/mol. The third-order valence-corrected chi connectivity index (χ3v) is 4.61. The van der Waals surface area contributed by atoms with Crippen LogP contribution in [0.25, 0.3) is 0 Å². The fraction of sp³-hybridized carbons (Fsp3) is 0.684. The normalized spacial score (nSPS) is 28.0. The standard InChI is InChI=1S/C19H30O2/c1-5-17(18(20)15-9-7-6-8-10-15)21-16-11-14(2)12-19(3,4)13-16/h6-10,14,16-18,20H,5,11-13H2,1-4H3. The fourth-order valence-corrected chi connectivity index (χ4v) is 3.87. The van der Waals surface area contributed by atoms with Gasteiger partial charge >= 0.3 is 0 Å². The van der Waals surface area contributed by atoms with E-state index in [0.29, 0.717) is 11.3 Å². The first kappa shape index (κ1) is 16.5. The number of hydrogen-bond acceptors (Lipinski definition) is 2. The predicted molar refractivity (Wildman–Crippen MR) is 87.1 cm³/mol. The highest BCUT2D eigenvalue weighted by molar-refractivity contribution is 5.18. The van der Waals surface area contributed by atoms with Crippen LogP contribution in [-0.2, 0) is 4.74 Å². The third kappa shape index (κ3) is 4.55. The van der Waals surface area contributed by atoms with Gasteiger partial charge in [0.05, 0.1) is 12.2 Å². The van der Waals surface area contributed by atoms with Gasteiger partial charge in [-0.2, -0.15) is 0 Å². The van der Waals surface area contributed by atoms with E-state index in [-0.39, 0.29) is 12.2 Å².